The molecule has 0 aromatic heterocycles. The van der Waals surface area contributed by atoms with Gasteiger partial charge in [-0.2, -0.15) is 0 Å². The molecule has 0 amide bonds. The summed E-state index contributed by atoms with van der Waals surface area (Å²) in [4.78, 5) is 2.44. The van der Waals surface area contributed by atoms with Gasteiger partial charge in [0.25, 0.3) is 0 Å². The van der Waals surface area contributed by atoms with E-state index in [1.807, 2.05) is 6.92 Å². The van der Waals surface area contributed by atoms with Gasteiger partial charge in [0, 0.05) is 25.3 Å². The monoisotopic (exact) mass is 248 g/mol. The van der Waals surface area contributed by atoms with Crippen LogP contribution < -0.4 is 5.73 Å². The van der Waals surface area contributed by atoms with E-state index in [4.69, 9.17) is 10.5 Å². The Morgan fingerprint density at radius 2 is 2.17 bits per heavy atom. The number of benzene rings is 1. The van der Waals surface area contributed by atoms with Gasteiger partial charge in [-0.1, -0.05) is 12.1 Å². The standard InChI is InChI=1S/C15H24N2O/c1-11-5-6-13(7-14(11)16)9-17-8-12(2)18-15(3,4)10-17/h5-7,12H,8-10,16H2,1-4H3. The zero-order chi connectivity index (χ0) is 13.3. The average molecular weight is 248 g/mol. The number of morpholine rings is 1. The van der Waals surface area contributed by atoms with Gasteiger partial charge in [0.1, 0.15) is 0 Å². The number of ether oxygens (including phenoxy) is 1. The van der Waals surface area contributed by atoms with E-state index in [0.717, 1.165) is 30.9 Å². The molecular formula is C15H24N2O. The smallest absolute Gasteiger partial charge is 0.0757 e. The minimum Gasteiger partial charge on any atom is -0.399 e. The zero-order valence-corrected chi connectivity index (χ0v) is 11.9. The van der Waals surface area contributed by atoms with E-state index in [1.54, 1.807) is 0 Å². The molecule has 100 valence electrons. The van der Waals surface area contributed by atoms with E-state index in [0.29, 0.717) is 0 Å². The molecule has 1 aromatic rings. The van der Waals surface area contributed by atoms with Crippen molar-refractivity contribution in [3.8, 4) is 0 Å². The van der Waals surface area contributed by atoms with Gasteiger partial charge in [-0.3, -0.25) is 4.90 Å². The van der Waals surface area contributed by atoms with E-state index in [1.165, 1.54) is 5.56 Å². The summed E-state index contributed by atoms with van der Waals surface area (Å²) >= 11 is 0. The van der Waals surface area contributed by atoms with Crippen molar-refractivity contribution in [2.45, 2.75) is 45.9 Å². The maximum absolute atomic E-state index is 5.96. The first kappa shape index (κ1) is 13.4. The third-order valence-electron chi connectivity index (χ3n) is 3.39. The van der Waals surface area contributed by atoms with Gasteiger partial charge in [-0.05, 0) is 44.9 Å². The Labute approximate surface area is 110 Å². The van der Waals surface area contributed by atoms with Gasteiger partial charge in [0.2, 0.25) is 0 Å². The molecule has 0 saturated carbocycles. The molecule has 1 unspecified atom stereocenters. The molecule has 1 fully saturated rings. The number of anilines is 1. The van der Waals surface area contributed by atoms with Crippen LogP contribution in [0.25, 0.3) is 0 Å². The molecule has 0 radical (unpaired) electrons. The molecule has 1 aliphatic heterocycles. The fourth-order valence-corrected chi connectivity index (χ4v) is 2.75. The predicted molar refractivity (Wildman–Crippen MR) is 75.5 cm³/mol. The summed E-state index contributed by atoms with van der Waals surface area (Å²) in [6.45, 7) is 11.4. The maximum Gasteiger partial charge on any atom is 0.0757 e. The first-order valence-corrected chi connectivity index (χ1v) is 6.61. The fourth-order valence-electron chi connectivity index (χ4n) is 2.75. The molecule has 1 heterocycles. The summed E-state index contributed by atoms with van der Waals surface area (Å²) in [7, 11) is 0. The van der Waals surface area contributed by atoms with Crippen molar-refractivity contribution in [2.24, 2.45) is 0 Å². The van der Waals surface area contributed by atoms with Crippen molar-refractivity contribution in [1.82, 2.24) is 4.90 Å². The van der Waals surface area contributed by atoms with E-state index in [-0.39, 0.29) is 11.7 Å². The Morgan fingerprint density at radius 3 is 2.78 bits per heavy atom. The molecule has 1 atom stereocenters. The highest BCUT2D eigenvalue weighted by atomic mass is 16.5. The zero-order valence-electron chi connectivity index (χ0n) is 11.9. The van der Waals surface area contributed by atoms with Crippen LogP contribution in [0.4, 0.5) is 5.69 Å². The van der Waals surface area contributed by atoms with Gasteiger partial charge >= 0.3 is 0 Å². The second-order valence-electron chi connectivity index (χ2n) is 6.05. The van der Waals surface area contributed by atoms with Crippen LogP contribution in [0, 0.1) is 6.92 Å². The number of aryl methyl sites for hydroxylation is 1. The number of rotatable bonds is 2. The highest BCUT2D eigenvalue weighted by molar-refractivity contribution is 5.48. The van der Waals surface area contributed by atoms with Gasteiger partial charge in [-0.25, -0.2) is 0 Å². The summed E-state index contributed by atoms with van der Waals surface area (Å²) in [5.74, 6) is 0. The van der Waals surface area contributed by atoms with Crippen molar-refractivity contribution in [3.63, 3.8) is 0 Å². The van der Waals surface area contributed by atoms with E-state index < -0.39 is 0 Å². The number of hydrogen-bond donors (Lipinski definition) is 1. The van der Waals surface area contributed by atoms with Crippen LogP contribution in [0.15, 0.2) is 18.2 Å². The number of nitrogens with two attached hydrogens (primary N) is 1. The summed E-state index contributed by atoms with van der Waals surface area (Å²) in [5, 5.41) is 0. The number of nitrogen functional groups attached to an aromatic ring is 1. The van der Waals surface area contributed by atoms with Crippen LogP contribution >= 0.6 is 0 Å². The van der Waals surface area contributed by atoms with Crippen LogP contribution in [0.5, 0.6) is 0 Å². The molecule has 3 heteroatoms. The van der Waals surface area contributed by atoms with Gasteiger partial charge in [0.15, 0.2) is 0 Å². The number of hydrogen-bond acceptors (Lipinski definition) is 3. The summed E-state index contributed by atoms with van der Waals surface area (Å²) < 4.78 is 5.92. The first-order chi connectivity index (χ1) is 8.35. The van der Waals surface area contributed by atoms with Crippen molar-refractivity contribution >= 4 is 5.69 Å². The lowest BCUT2D eigenvalue weighted by Crippen LogP contribution is -2.51. The lowest BCUT2D eigenvalue weighted by Gasteiger charge is -2.41. The minimum absolute atomic E-state index is 0.0616. The molecular weight excluding hydrogens is 224 g/mol. The van der Waals surface area contributed by atoms with E-state index >= 15 is 0 Å². The van der Waals surface area contributed by atoms with Crippen LogP contribution in [-0.4, -0.2) is 29.7 Å². The maximum atomic E-state index is 5.96. The second kappa shape index (κ2) is 4.90. The molecule has 0 aliphatic carbocycles. The normalized spacial score (nSPS) is 24.1. The van der Waals surface area contributed by atoms with Gasteiger partial charge < -0.3 is 10.5 Å². The molecule has 18 heavy (non-hydrogen) atoms. The quantitative estimate of drug-likeness (QED) is 0.818. The van der Waals surface area contributed by atoms with Crippen LogP contribution in [0.2, 0.25) is 0 Å². The van der Waals surface area contributed by atoms with Crippen molar-refractivity contribution < 1.29 is 4.74 Å². The number of nitrogens with zero attached hydrogens (tertiary/aromatic N) is 1. The summed E-state index contributed by atoms with van der Waals surface area (Å²) in [6.07, 6.45) is 0.288. The molecule has 1 saturated heterocycles. The summed E-state index contributed by atoms with van der Waals surface area (Å²) in [6, 6.07) is 6.35. The van der Waals surface area contributed by atoms with E-state index in [9.17, 15) is 0 Å². The predicted octanol–water partition coefficient (Wildman–Crippen LogP) is 2.58. The van der Waals surface area contributed by atoms with Crippen LogP contribution in [0.1, 0.15) is 31.9 Å². The van der Waals surface area contributed by atoms with E-state index in [2.05, 4.69) is 43.9 Å². The highest BCUT2D eigenvalue weighted by Gasteiger charge is 2.31. The lowest BCUT2D eigenvalue weighted by atomic mass is 10.0. The molecule has 0 spiro atoms. The molecule has 1 aromatic carbocycles. The first-order valence-electron chi connectivity index (χ1n) is 6.61. The summed E-state index contributed by atoms with van der Waals surface area (Å²) in [5.41, 5.74) is 9.21. The molecule has 3 nitrogen and oxygen atoms in total. The molecule has 2 N–H and O–H groups in total. The lowest BCUT2D eigenvalue weighted by molar-refractivity contribution is -0.130. The third kappa shape index (κ3) is 3.24. The van der Waals surface area contributed by atoms with Gasteiger partial charge in [-0.15, -0.1) is 0 Å². The van der Waals surface area contributed by atoms with Crippen LogP contribution in [0.3, 0.4) is 0 Å². The second-order valence-corrected chi connectivity index (χ2v) is 6.05. The average Bonchev–Trinajstić information content (AvgIpc) is 2.20. The Kier molecular flexibility index (Phi) is 3.64. The topological polar surface area (TPSA) is 38.5 Å². The Hall–Kier alpha value is -1.06. The molecule has 0 bridgehead atoms. The third-order valence-corrected chi connectivity index (χ3v) is 3.39. The molecule has 2 rings (SSSR count). The van der Waals surface area contributed by atoms with Crippen molar-refractivity contribution in [2.75, 3.05) is 18.8 Å². The molecule has 1 aliphatic rings. The Balaban J connectivity index is 2.06. The minimum atomic E-state index is -0.0616. The van der Waals surface area contributed by atoms with Gasteiger partial charge in [0.05, 0.1) is 11.7 Å². The Bertz CT molecular complexity index is 429. The highest BCUT2D eigenvalue weighted by Crippen LogP contribution is 2.23. The van der Waals surface area contributed by atoms with Crippen LogP contribution in [-0.2, 0) is 11.3 Å². The Morgan fingerprint density at radius 1 is 1.44 bits per heavy atom. The van der Waals surface area contributed by atoms with Crippen molar-refractivity contribution in [1.29, 1.82) is 0 Å². The largest absolute Gasteiger partial charge is 0.399 e. The SMILES string of the molecule is Cc1ccc(CN2CC(C)OC(C)(C)C2)cc1N. The van der Waals surface area contributed by atoms with Crippen molar-refractivity contribution in [3.05, 3.63) is 29.3 Å². The fraction of sp³-hybridized carbons (Fsp3) is 0.600.